The van der Waals surface area contributed by atoms with Crippen molar-refractivity contribution in [1.82, 2.24) is 4.90 Å². The lowest BCUT2D eigenvalue weighted by molar-refractivity contribution is -0.144. The van der Waals surface area contributed by atoms with Crippen molar-refractivity contribution in [2.75, 3.05) is 19.6 Å². The average Bonchev–Trinajstić information content (AvgIpc) is 2.26. The van der Waals surface area contributed by atoms with E-state index in [0.29, 0.717) is 23.8 Å². The summed E-state index contributed by atoms with van der Waals surface area (Å²) in [6.45, 7) is 4.81. The van der Waals surface area contributed by atoms with Gasteiger partial charge in [0.15, 0.2) is 0 Å². The minimum absolute atomic E-state index is 0.181. The maximum atomic E-state index is 10.8. The van der Waals surface area contributed by atoms with Crippen LogP contribution in [0.1, 0.15) is 33.1 Å². The molecule has 0 aromatic carbocycles. The summed E-state index contributed by atoms with van der Waals surface area (Å²) in [5.74, 6) is -0.0400. The number of aliphatic carboxylic acids is 2. The lowest BCUT2D eigenvalue weighted by Gasteiger charge is -2.60. The molecule has 0 spiro atoms. The van der Waals surface area contributed by atoms with Gasteiger partial charge in [0.05, 0.1) is 13.1 Å². The number of carboxylic acids is 2. The fraction of sp³-hybridized carbons (Fsp3) is 0.857. The molecule has 3 rings (SSSR count). The monoisotopic (exact) mass is 269 g/mol. The lowest BCUT2D eigenvalue weighted by atomic mass is 9.45. The Morgan fingerprint density at radius 3 is 2.16 bits per heavy atom. The molecule has 0 amide bonds. The van der Waals surface area contributed by atoms with E-state index >= 15 is 0 Å². The molecule has 19 heavy (non-hydrogen) atoms. The number of hydrogen-bond donors (Lipinski definition) is 2. The van der Waals surface area contributed by atoms with Crippen LogP contribution in [0.3, 0.4) is 0 Å². The third-order valence-electron chi connectivity index (χ3n) is 5.21. The predicted octanol–water partition coefficient (Wildman–Crippen LogP) is 1.53. The summed E-state index contributed by atoms with van der Waals surface area (Å²) in [7, 11) is 0. The molecule has 2 bridgehead atoms. The van der Waals surface area contributed by atoms with Gasteiger partial charge in [-0.15, -0.1) is 0 Å². The summed E-state index contributed by atoms with van der Waals surface area (Å²) in [5, 5.41) is 17.7. The molecular formula is C14H23NO4. The van der Waals surface area contributed by atoms with Crippen molar-refractivity contribution in [3.05, 3.63) is 0 Å². The predicted molar refractivity (Wildman–Crippen MR) is 69.8 cm³/mol. The van der Waals surface area contributed by atoms with Gasteiger partial charge in [0, 0.05) is 6.54 Å². The highest BCUT2D eigenvalue weighted by atomic mass is 16.4. The van der Waals surface area contributed by atoms with Crippen LogP contribution in [0.5, 0.6) is 0 Å². The first-order valence-corrected chi connectivity index (χ1v) is 6.96. The lowest BCUT2D eigenvalue weighted by Crippen LogP contribution is -2.55. The van der Waals surface area contributed by atoms with E-state index in [0.717, 1.165) is 12.3 Å². The van der Waals surface area contributed by atoms with E-state index in [4.69, 9.17) is 10.2 Å². The van der Waals surface area contributed by atoms with Crippen molar-refractivity contribution in [2.24, 2.45) is 23.2 Å². The smallest absolute Gasteiger partial charge is 0.317 e. The minimum atomic E-state index is -0.956. The molecule has 2 N–H and O–H groups in total. The van der Waals surface area contributed by atoms with Gasteiger partial charge in [0.1, 0.15) is 0 Å². The number of carbonyl (C=O) groups is 2. The van der Waals surface area contributed by atoms with Gasteiger partial charge in [-0.2, -0.15) is 0 Å². The van der Waals surface area contributed by atoms with Gasteiger partial charge < -0.3 is 10.2 Å². The topological polar surface area (TPSA) is 77.8 Å². The molecule has 0 aromatic heterocycles. The molecule has 0 aromatic rings. The van der Waals surface area contributed by atoms with Crippen molar-refractivity contribution >= 4 is 11.9 Å². The summed E-state index contributed by atoms with van der Waals surface area (Å²) in [6, 6.07) is 0. The van der Waals surface area contributed by atoms with E-state index in [-0.39, 0.29) is 13.1 Å². The Morgan fingerprint density at radius 2 is 1.74 bits per heavy atom. The van der Waals surface area contributed by atoms with Crippen LogP contribution in [0.2, 0.25) is 0 Å². The van der Waals surface area contributed by atoms with Gasteiger partial charge in [-0.3, -0.25) is 14.5 Å². The van der Waals surface area contributed by atoms with Crippen LogP contribution in [0.4, 0.5) is 0 Å². The van der Waals surface area contributed by atoms with Crippen molar-refractivity contribution in [1.29, 1.82) is 0 Å². The van der Waals surface area contributed by atoms with Crippen molar-refractivity contribution in [3.63, 3.8) is 0 Å². The first-order chi connectivity index (χ1) is 8.80. The SMILES string of the molecule is CC1(C)C2CC[C@H](CN(CC(=O)O)CC(=O)O)[C@H]1C2. The molecule has 0 aliphatic heterocycles. The molecule has 3 aliphatic carbocycles. The van der Waals surface area contributed by atoms with E-state index in [1.54, 1.807) is 4.90 Å². The second-order valence-corrected chi connectivity index (χ2v) is 6.66. The molecule has 5 nitrogen and oxygen atoms in total. The highest BCUT2D eigenvalue weighted by Gasteiger charge is 2.54. The van der Waals surface area contributed by atoms with Crippen LogP contribution in [-0.2, 0) is 9.59 Å². The quantitative estimate of drug-likeness (QED) is 0.764. The molecule has 5 heteroatoms. The highest BCUT2D eigenvalue weighted by molar-refractivity contribution is 5.72. The van der Waals surface area contributed by atoms with Crippen molar-refractivity contribution in [2.45, 2.75) is 33.1 Å². The van der Waals surface area contributed by atoms with Gasteiger partial charge >= 0.3 is 11.9 Å². The van der Waals surface area contributed by atoms with Crippen molar-refractivity contribution in [3.8, 4) is 0 Å². The third kappa shape index (κ3) is 2.91. The summed E-state index contributed by atoms with van der Waals surface area (Å²) in [5.41, 5.74) is 0.348. The van der Waals surface area contributed by atoms with E-state index in [2.05, 4.69) is 13.8 Å². The molecule has 3 atom stereocenters. The zero-order chi connectivity index (χ0) is 14.2. The molecule has 0 heterocycles. The Bertz CT molecular complexity index is 362. The van der Waals surface area contributed by atoms with Gasteiger partial charge in [0.2, 0.25) is 0 Å². The van der Waals surface area contributed by atoms with Gasteiger partial charge in [-0.1, -0.05) is 13.8 Å². The van der Waals surface area contributed by atoms with E-state index in [1.165, 1.54) is 12.8 Å². The maximum absolute atomic E-state index is 10.8. The molecule has 3 aliphatic rings. The average molecular weight is 269 g/mol. The standard InChI is InChI=1S/C14H23NO4/c1-14(2)10-4-3-9(11(14)5-10)6-15(7-12(16)17)8-13(18)19/h9-11H,3-8H2,1-2H3,(H,16,17)(H,18,19)/t9-,10?,11-/m1/s1. The summed E-state index contributed by atoms with van der Waals surface area (Å²) in [4.78, 5) is 23.2. The first-order valence-electron chi connectivity index (χ1n) is 6.96. The second-order valence-electron chi connectivity index (χ2n) is 6.66. The molecule has 3 fully saturated rings. The molecule has 0 radical (unpaired) electrons. The minimum Gasteiger partial charge on any atom is -0.480 e. The largest absolute Gasteiger partial charge is 0.480 e. The zero-order valence-electron chi connectivity index (χ0n) is 11.6. The second kappa shape index (κ2) is 5.12. The van der Waals surface area contributed by atoms with Gasteiger partial charge in [-0.05, 0) is 42.4 Å². The van der Waals surface area contributed by atoms with Crippen LogP contribution < -0.4 is 0 Å². The Balaban J connectivity index is 1.96. The van der Waals surface area contributed by atoms with E-state index in [9.17, 15) is 9.59 Å². The third-order valence-corrected chi connectivity index (χ3v) is 5.21. The molecule has 108 valence electrons. The fourth-order valence-electron chi connectivity index (χ4n) is 4.08. The number of nitrogens with zero attached hydrogens (tertiary/aromatic N) is 1. The van der Waals surface area contributed by atoms with Gasteiger partial charge in [-0.25, -0.2) is 0 Å². The van der Waals surface area contributed by atoms with Crippen LogP contribution in [0.25, 0.3) is 0 Å². The normalized spacial score (nSPS) is 31.8. The summed E-state index contributed by atoms with van der Waals surface area (Å²) in [6.07, 6.45) is 3.53. The highest BCUT2D eigenvalue weighted by Crippen LogP contribution is 2.61. The zero-order valence-corrected chi connectivity index (χ0v) is 11.6. The number of hydrogen-bond acceptors (Lipinski definition) is 3. The fourth-order valence-corrected chi connectivity index (χ4v) is 4.08. The van der Waals surface area contributed by atoms with E-state index < -0.39 is 11.9 Å². The summed E-state index contributed by atoms with van der Waals surface area (Å²) < 4.78 is 0. The van der Waals surface area contributed by atoms with Crippen LogP contribution in [0.15, 0.2) is 0 Å². The maximum Gasteiger partial charge on any atom is 0.317 e. The number of fused-ring (bicyclic) bond motifs is 2. The number of carboxylic acid groups (broad SMARTS) is 2. The van der Waals surface area contributed by atoms with Crippen LogP contribution in [0, 0.1) is 23.2 Å². The van der Waals surface area contributed by atoms with Crippen LogP contribution in [-0.4, -0.2) is 46.7 Å². The molecule has 0 saturated heterocycles. The first kappa shape index (κ1) is 14.3. The van der Waals surface area contributed by atoms with Crippen molar-refractivity contribution < 1.29 is 19.8 Å². The van der Waals surface area contributed by atoms with Gasteiger partial charge in [0.25, 0.3) is 0 Å². The Kier molecular flexibility index (Phi) is 3.85. The van der Waals surface area contributed by atoms with Crippen LogP contribution >= 0.6 is 0 Å². The Labute approximate surface area is 113 Å². The Morgan fingerprint density at radius 1 is 1.16 bits per heavy atom. The molecular weight excluding hydrogens is 246 g/mol. The summed E-state index contributed by atoms with van der Waals surface area (Å²) >= 11 is 0. The number of rotatable bonds is 6. The van der Waals surface area contributed by atoms with E-state index in [1.807, 2.05) is 0 Å². The molecule has 1 unspecified atom stereocenters. The molecule has 3 saturated carbocycles. The Hall–Kier alpha value is -1.10.